The summed E-state index contributed by atoms with van der Waals surface area (Å²) in [5.74, 6) is 0. The fourth-order valence-electron chi connectivity index (χ4n) is 0.674. The Kier molecular flexibility index (Phi) is 2.57. The van der Waals surface area contributed by atoms with Gasteiger partial charge in [0.05, 0.1) is 0 Å². The van der Waals surface area contributed by atoms with Crippen LogP contribution in [0.4, 0.5) is 0 Å². The normalized spacial score (nSPS) is 9.55. The zero-order valence-electron chi connectivity index (χ0n) is 5.23. The smallest absolute Gasteiger partial charge is 0.204 e. The molecule has 11 heavy (non-hydrogen) atoms. The molecule has 4 nitrogen and oxygen atoms in total. The first-order valence-electron chi connectivity index (χ1n) is 2.60. The Bertz CT molecular complexity index is 360. The quantitative estimate of drug-likeness (QED) is 0.522. The molecular formula is C5H2ClN4W-. The molecule has 0 saturated heterocycles. The van der Waals surface area contributed by atoms with Crippen LogP contribution in [-0.2, 0) is 21.1 Å². The van der Waals surface area contributed by atoms with Crippen LogP contribution in [0.25, 0.3) is 5.65 Å². The second-order valence-corrected chi connectivity index (χ2v) is 2.03. The minimum Gasteiger partial charge on any atom is -0.406 e. The Hall–Kier alpha value is -0.472. The summed E-state index contributed by atoms with van der Waals surface area (Å²) < 4.78 is 1.54. The van der Waals surface area contributed by atoms with Crippen LogP contribution in [-0.4, -0.2) is 19.6 Å². The average Bonchev–Trinajstić information content (AvgIpc) is 2.36. The minimum atomic E-state index is 0. The molecule has 6 heteroatoms. The summed E-state index contributed by atoms with van der Waals surface area (Å²) >= 11 is 5.65. The minimum absolute atomic E-state index is 0. The van der Waals surface area contributed by atoms with Crippen molar-refractivity contribution in [1.29, 1.82) is 0 Å². The molecule has 0 aliphatic carbocycles. The van der Waals surface area contributed by atoms with Gasteiger partial charge >= 0.3 is 0 Å². The van der Waals surface area contributed by atoms with Crippen LogP contribution >= 0.6 is 11.6 Å². The van der Waals surface area contributed by atoms with E-state index in [0.29, 0.717) is 10.9 Å². The van der Waals surface area contributed by atoms with Crippen molar-refractivity contribution in [1.82, 2.24) is 19.6 Å². The van der Waals surface area contributed by atoms with Gasteiger partial charge in [0.25, 0.3) is 0 Å². The van der Waals surface area contributed by atoms with Crippen LogP contribution in [0.1, 0.15) is 0 Å². The molecule has 0 N–H and O–H groups in total. The zero-order chi connectivity index (χ0) is 6.97. The van der Waals surface area contributed by atoms with Crippen molar-refractivity contribution in [2.45, 2.75) is 0 Å². The van der Waals surface area contributed by atoms with Crippen LogP contribution in [0.3, 0.4) is 0 Å². The van der Waals surface area contributed by atoms with Gasteiger partial charge in [0, 0.05) is 21.1 Å². The van der Waals surface area contributed by atoms with Crippen molar-refractivity contribution in [3.05, 3.63) is 23.9 Å². The van der Waals surface area contributed by atoms with Crippen LogP contribution in [0, 0.1) is 6.07 Å². The first kappa shape index (κ1) is 8.62. The summed E-state index contributed by atoms with van der Waals surface area (Å²) in [6.45, 7) is 0. The van der Waals surface area contributed by atoms with E-state index in [0.717, 1.165) is 0 Å². The first-order valence-corrected chi connectivity index (χ1v) is 2.97. The maximum absolute atomic E-state index is 5.65. The molecular weight excluding hydrogens is 335 g/mol. The SMILES string of the molecule is Clc1nc[c-]c2nncn12.[W]. The molecule has 0 atom stereocenters. The molecule has 0 aliphatic rings. The molecule has 0 bridgehead atoms. The van der Waals surface area contributed by atoms with E-state index in [1.807, 2.05) is 0 Å². The van der Waals surface area contributed by atoms with Gasteiger partial charge in [-0.25, -0.2) is 0 Å². The summed E-state index contributed by atoms with van der Waals surface area (Å²) in [6.07, 6.45) is 2.95. The Morgan fingerprint density at radius 2 is 2.36 bits per heavy atom. The maximum atomic E-state index is 5.65. The van der Waals surface area contributed by atoms with E-state index in [4.69, 9.17) is 11.6 Å². The zero-order valence-corrected chi connectivity index (χ0v) is 8.92. The van der Waals surface area contributed by atoms with Crippen LogP contribution in [0.2, 0.25) is 5.28 Å². The van der Waals surface area contributed by atoms with E-state index in [-0.39, 0.29) is 21.1 Å². The van der Waals surface area contributed by atoms with Crippen molar-refractivity contribution < 1.29 is 21.1 Å². The molecule has 2 heterocycles. The van der Waals surface area contributed by atoms with Gasteiger partial charge in [-0.3, -0.25) is 9.38 Å². The summed E-state index contributed by atoms with van der Waals surface area (Å²) in [7, 11) is 0. The molecule has 0 unspecified atom stereocenters. The molecule has 2 aromatic heterocycles. The van der Waals surface area contributed by atoms with E-state index >= 15 is 0 Å². The first-order chi connectivity index (χ1) is 4.88. The third-order valence-electron chi connectivity index (χ3n) is 1.11. The number of hydrogen-bond acceptors (Lipinski definition) is 3. The molecule has 56 valence electrons. The largest absolute Gasteiger partial charge is 0.406 e. The van der Waals surface area contributed by atoms with E-state index in [1.165, 1.54) is 12.5 Å². The van der Waals surface area contributed by atoms with Crippen LogP contribution in [0.15, 0.2) is 12.5 Å². The Balaban J connectivity index is 0.000000605. The Morgan fingerprint density at radius 3 is 3.09 bits per heavy atom. The van der Waals surface area contributed by atoms with Gasteiger partial charge in [0.2, 0.25) is 5.28 Å². The molecule has 2 rings (SSSR count). The number of fused-ring (bicyclic) bond motifs is 1. The van der Waals surface area contributed by atoms with Gasteiger partial charge in [0.15, 0.2) is 0 Å². The standard InChI is InChI=1S/C5H2ClN4.W/c6-5-7-2-1-4-9-8-3-10(4)5;/h2-3H;/q-1;. The molecule has 0 spiro atoms. The van der Waals surface area contributed by atoms with Crippen molar-refractivity contribution in [2.75, 3.05) is 0 Å². The second-order valence-electron chi connectivity index (χ2n) is 1.70. The molecule has 0 amide bonds. The van der Waals surface area contributed by atoms with Gasteiger partial charge in [0.1, 0.15) is 6.33 Å². The predicted molar refractivity (Wildman–Crippen MR) is 34.6 cm³/mol. The van der Waals surface area contributed by atoms with E-state index in [9.17, 15) is 0 Å². The molecule has 0 fully saturated rings. The number of nitrogens with zero attached hydrogens (tertiary/aromatic N) is 4. The van der Waals surface area contributed by atoms with Crippen molar-refractivity contribution in [2.24, 2.45) is 0 Å². The number of hydrogen-bond donors (Lipinski definition) is 0. The summed E-state index contributed by atoms with van der Waals surface area (Å²) in [5, 5.41) is 7.68. The van der Waals surface area contributed by atoms with Crippen molar-refractivity contribution >= 4 is 17.2 Å². The molecule has 0 radical (unpaired) electrons. The molecule has 0 saturated carbocycles. The van der Waals surface area contributed by atoms with Gasteiger partial charge in [-0.2, -0.15) is 5.10 Å². The fraction of sp³-hybridized carbons (Fsp3) is 0. The third-order valence-corrected chi connectivity index (χ3v) is 1.39. The third kappa shape index (κ3) is 1.42. The molecule has 0 aliphatic heterocycles. The fourth-order valence-corrected chi connectivity index (χ4v) is 0.846. The Labute approximate surface area is 81.9 Å². The summed E-state index contributed by atoms with van der Waals surface area (Å²) in [5.41, 5.74) is 0.583. The summed E-state index contributed by atoms with van der Waals surface area (Å²) in [6, 6.07) is 2.77. The molecule has 2 aromatic rings. The van der Waals surface area contributed by atoms with E-state index in [1.54, 1.807) is 4.40 Å². The van der Waals surface area contributed by atoms with E-state index < -0.39 is 0 Å². The van der Waals surface area contributed by atoms with Gasteiger partial charge in [-0.05, 0) is 17.2 Å². The number of halogens is 1. The predicted octanol–water partition coefficient (Wildman–Crippen LogP) is 0.575. The molecule has 0 aromatic carbocycles. The average molecular weight is 337 g/mol. The van der Waals surface area contributed by atoms with Gasteiger partial charge < -0.3 is 6.07 Å². The number of rotatable bonds is 0. The van der Waals surface area contributed by atoms with Crippen LogP contribution in [0.5, 0.6) is 0 Å². The van der Waals surface area contributed by atoms with Gasteiger partial charge in [-0.15, -0.1) is 11.3 Å². The second kappa shape index (κ2) is 3.28. The van der Waals surface area contributed by atoms with Crippen molar-refractivity contribution in [3.8, 4) is 0 Å². The van der Waals surface area contributed by atoms with E-state index in [2.05, 4.69) is 21.2 Å². The maximum Gasteiger partial charge on any atom is 0.204 e. The summed E-state index contributed by atoms with van der Waals surface area (Å²) in [4.78, 5) is 3.77. The monoisotopic (exact) mass is 337 g/mol. The topological polar surface area (TPSA) is 43.1 Å². The number of aromatic nitrogens is 4. The van der Waals surface area contributed by atoms with Crippen LogP contribution < -0.4 is 0 Å². The van der Waals surface area contributed by atoms with Crippen molar-refractivity contribution in [3.63, 3.8) is 0 Å². The van der Waals surface area contributed by atoms with Gasteiger partial charge in [-0.1, -0.05) is 0 Å². The Morgan fingerprint density at radius 1 is 1.55 bits per heavy atom.